The van der Waals surface area contributed by atoms with Crippen LogP contribution in [0.1, 0.15) is 13.3 Å². The zero-order valence-electron chi connectivity index (χ0n) is 9.36. The molecule has 0 aromatic heterocycles. The van der Waals surface area contributed by atoms with E-state index in [1.807, 2.05) is 25.9 Å². The van der Waals surface area contributed by atoms with Crippen molar-refractivity contribution in [3.63, 3.8) is 0 Å². The highest BCUT2D eigenvalue weighted by Crippen LogP contribution is 2.02. The molecule has 0 fully saturated rings. The van der Waals surface area contributed by atoms with E-state index in [1.54, 1.807) is 0 Å². The Bertz CT molecular complexity index is 237. The zero-order chi connectivity index (χ0) is 11.2. The maximum atomic E-state index is 11.5. The van der Waals surface area contributed by atoms with E-state index in [9.17, 15) is 8.42 Å². The Balaban J connectivity index is 3.84. The van der Waals surface area contributed by atoms with Crippen molar-refractivity contribution in [3.05, 3.63) is 0 Å². The van der Waals surface area contributed by atoms with E-state index in [4.69, 9.17) is 5.73 Å². The summed E-state index contributed by atoms with van der Waals surface area (Å²) in [4.78, 5) is 1.99. The van der Waals surface area contributed by atoms with E-state index < -0.39 is 9.84 Å². The first-order chi connectivity index (χ1) is 6.37. The van der Waals surface area contributed by atoms with E-state index in [0.717, 1.165) is 6.54 Å². The van der Waals surface area contributed by atoms with Gasteiger partial charge < -0.3 is 10.6 Å². The van der Waals surface area contributed by atoms with E-state index in [2.05, 4.69) is 0 Å². The molecule has 0 rings (SSSR count). The van der Waals surface area contributed by atoms with Gasteiger partial charge in [0.15, 0.2) is 9.84 Å². The molecule has 0 aliphatic rings. The fourth-order valence-corrected chi connectivity index (χ4v) is 2.92. The molecular weight excluding hydrogens is 200 g/mol. The maximum Gasteiger partial charge on any atom is 0.150 e. The highest BCUT2D eigenvalue weighted by molar-refractivity contribution is 7.91. The Morgan fingerprint density at radius 1 is 1.36 bits per heavy atom. The summed E-state index contributed by atoms with van der Waals surface area (Å²) in [7, 11) is 0.984. The van der Waals surface area contributed by atoms with Gasteiger partial charge in [-0.3, -0.25) is 0 Å². The van der Waals surface area contributed by atoms with Crippen molar-refractivity contribution in [1.82, 2.24) is 4.90 Å². The smallest absolute Gasteiger partial charge is 0.150 e. The summed E-state index contributed by atoms with van der Waals surface area (Å²) < 4.78 is 23.0. The minimum absolute atomic E-state index is 0.0688. The molecule has 4 nitrogen and oxygen atoms in total. The van der Waals surface area contributed by atoms with Crippen molar-refractivity contribution in [1.29, 1.82) is 0 Å². The van der Waals surface area contributed by atoms with Gasteiger partial charge in [-0.25, -0.2) is 8.42 Å². The third kappa shape index (κ3) is 7.29. The molecular formula is C9H22N2O2S. The Kier molecular flexibility index (Phi) is 6.31. The zero-order valence-corrected chi connectivity index (χ0v) is 10.2. The molecule has 1 unspecified atom stereocenters. The summed E-state index contributed by atoms with van der Waals surface area (Å²) >= 11 is 0. The number of nitrogens with two attached hydrogens (primary N) is 1. The molecule has 0 saturated carbocycles. The van der Waals surface area contributed by atoms with Gasteiger partial charge in [-0.15, -0.1) is 0 Å². The van der Waals surface area contributed by atoms with Gasteiger partial charge in [-0.1, -0.05) is 6.92 Å². The number of nitrogens with zero attached hydrogens (tertiary/aromatic N) is 1. The Hall–Kier alpha value is -0.130. The third-order valence-corrected chi connectivity index (χ3v) is 3.99. The molecule has 0 spiro atoms. The Labute approximate surface area is 87.4 Å². The molecule has 0 aromatic carbocycles. The summed E-state index contributed by atoms with van der Waals surface area (Å²) in [5.41, 5.74) is 5.38. The summed E-state index contributed by atoms with van der Waals surface area (Å²) in [5, 5.41) is 0. The van der Waals surface area contributed by atoms with E-state index >= 15 is 0 Å². The fraction of sp³-hybridized carbons (Fsp3) is 1.00. The van der Waals surface area contributed by atoms with Gasteiger partial charge in [0.1, 0.15) is 0 Å². The van der Waals surface area contributed by atoms with Crippen LogP contribution in [0, 0.1) is 5.92 Å². The Morgan fingerprint density at radius 2 is 1.93 bits per heavy atom. The monoisotopic (exact) mass is 222 g/mol. The molecule has 0 amide bonds. The van der Waals surface area contributed by atoms with Crippen molar-refractivity contribution < 1.29 is 8.42 Å². The molecule has 86 valence electrons. The second-order valence-electron chi connectivity index (χ2n) is 4.11. The Morgan fingerprint density at radius 3 is 2.36 bits per heavy atom. The summed E-state index contributed by atoms with van der Waals surface area (Å²) in [6.45, 7) is 3.12. The largest absolute Gasteiger partial charge is 0.330 e. The number of hydrogen-bond donors (Lipinski definition) is 1. The molecule has 0 bridgehead atoms. The topological polar surface area (TPSA) is 63.4 Å². The molecule has 1 atom stereocenters. The lowest BCUT2D eigenvalue weighted by atomic mass is 10.2. The normalized spacial score (nSPS) is 14.6. The predicted octanol–water partition coefficient (Wildman–Crippen LogP) is -0.0523. The van der Waals surface area contributed by atoms with Crippen molar-refractivity contribution in [2.24, 2.45) is 11.7 Å². The van der Waals surface area contributed by atoms with Gasteiger partial charge in [0.25, 0.3) is 0 Å². The van der Waals surface area contributed by atoms with Crippen LogP contribution in [0.4, 0.5) is 0 Å². The molecule has 0 saturated heterocycles. The average molecular weight is 222 g/mol. The molecule has 14 heavy (non-hydrogen) atoms. The first kappa shape index (κ1) is 13.9. The highest BCUT2D eigenvalue weighted by atomic mass is 32.2. The predicted molar refractivity (Wildman–Crippen MR) is 60.0 cm³/mol. The average Bonchev–Trinajstić information content (AvgIpc) is 2.02. The van der Waals surface area contributed by atoms with E-state index in [0.29, 0.717) is 13.0 Å². The molecule has 2 N–H and O–H groups in total. The SMILES string of the molecule is CC(CN)CS(=O)(=O)CCCN(C)C. The molecule has 0 aromatic rings. The first-order valence-electron chi connectivity index (χ1n) is 4.92. The van der Waals surface area contributed by atoms with Gasteiger partial charge in [-0.05, 0) is 39.5 Å². The van der Waals surface area contributed by atoms with Gasteiger partial charge >= 0.3 is 0 Å². The summed E-state index contributed by atoms with van der Waals surface area (Å²) in [5.74, 6) is 0.561. The van der Waals surface area contributed by atoms with Crippen molar-refractivity contribution in [2.75, 3.05) is 38.7 Å². The van der Waals surface area contributed by atoms with Crippen molar-refractivity contribution in [3.8, 4) is 0 Å². The van der Waals surface area contributed by atoms with Crippen molar-refractivity contribution in [2.45, 2.75) is 13.3 Å². The number of hydrogen-bond acceptors (Lipinski definition) is 4. The van der Waals surface area contributed by atoms with Crippen LogP contribution < -0.4 is 5.73 Å². The third-order valence-electron chi connectivity index (χ3n) is 2.00. The van der Waals surface area contributed by atoms with Crippen LogP contribution in [-0.2, 0) is 9.84 Å². The maximum absolute atomic E-state index is 11.5. The van der Waals surface area contributed by atoms with Gasteiger partial charge in [-0.2, -0.15) is 0 Å². The van der Waals surface area contributed by atoms with Crippen LogP contribution in [0.25, 0.3) is 0 Å². The quantitative estimate of drug-likeness (QED) is 0.656. The van der Waals surface area contributed by atoms with Gasteiger partial charge in [0.2, 0.25) is 0 Å². The van der Waals surface area contributed by atoms with Crippen LogP contribution in [0.5, 0.6) is 0 Å². The van der Waals surface area contributed by atoms with Gasteiger partial charge in [0.05, 0.1) is 11.5 Å². The van der Waals surface area contributed by atoms with Crippen LogP contribution in [0.15, 0.2) is 0 Å². The molecule has 0 radical (unpaired) electrons. The molecule has 5 heteroatoms. The minimum Gasteiger partial charge on any atom is -0.330 e. The minimum atomic E-state index is -2.90. The lowest BCUT2D eigenvalue weighted by Gasteiger charge is -2.11. The first-order valence-corrected chi connectivity index (χ1v) is 6.74. The molecule has 0 heterocycles. The second kappa shape index (κ2) is 6.37. The van der Waals surface area contributed by atoms with E-state index in [1.165, 1.54) is 0 Å². The van der Waals surface area contributed by atoms with Crippen LogP contribution in [0.2, 0.25) is 0 Å². The number of rotatable bonds is 7. The molecule has 0 aliphatic carbocycles. The van der Waals surface area contributed by atoms with Crippen molar-refractivity contribution >= 4 is 9.84 Å². The van der Waals surface area contributed by atoms with Crippen LogP contribution >= 0.6 is 0 Å². The van der Waals surface area contributed by atoms with Crippen LogP contribution in [-0.4, -0.2) is 52.0 Å². The summed E-state index contributed by atoms with van der Waals surface area (Å²) in [6, 6.07) is 0. The van der Waals surface area contributed by atoms with Gasteiger partial charge in [0, 0.05) is 0 Å². The standard InChI is InChI=1S/C9H22N2O2S/c1-9(7-10)8-14(12,13)6-4-5-11(2)3/h9H,4-8,10H2,1-3H3. The highest BCUT2D eigenvalue weighted by Gasteiger charge is 2.14. The lowest BCUT2D eigenvalue weighted by molar-refractivity contribution is 0.408. The van der Waals surface area contributed by atoms with E-state index in [-0.39, 0.29) is 17.4 Å². The fourth-order valence-electron chi connectivity index (χ4n) is 1.19. The summed E-state index contributed by atoms with van der Waals surface area (Å²) in [6.07, 6.45) is 0.701. The lowest BCUT2D eigenvalue weighted by Crippen LogP contribution is -2.24. The second-order valence-corrected chi connectivity index (χ2v) is 6.34. The number of sulfone groups is 1. The molecule has 0 aliphatic heterocycles. The van der Waals surface area contributed by atoms with Crippen LogP contribution in [0.3, 0.4) is 0 Å².